The second kappa shape index (κ2) is 5.75. The van der Waals surface area contributed by atoms with Gasteiger partial charge >= 0.3 is 0 Å². The Labute approximate surface area is 115 Å². The van der Waals surface area contributed by atoms with Gasteiger partial charge in [-0.2, -0.15) is 0 Å². The summed E-state index contributed by atoms with van der Waals surface area (Å²) in [6.45, 7) is 1.90. The van der Waals surface area contributed by atoms with Crippen molar-refractivity contribution in [2.24, 2.45) is 0 Å². The van der Waals surface area contributed by atoms with Crippen molar-refractivity contribution in [3.63, 3.8) is 0 Å². The highest BCUT2D eigenvalue weighted by Crippen LogP contribution is 2.29. The molecule has 1 aromatic heterocycles. The van der Waals surface area contributed by atoms with Crippen LogP contribution in [0.25, 0.3) is 0 Å². The molecule has 2 N–H and O–H groups in total. The van der Waals surface area contributed by atoms with Gasteiger partial charge in [-0.05, 0) is 30.5 Å². The third-order valence-corrected chi connectivity index (χ3v) is 3.84. The number of carbonyl (C=O) groups excluding carboxylic acids is 1. The third-order valence-electron chi connectivity index (χ3n) is 2.78. The summed E-state index contributed by atoms with van der Waals surface area (Å²) in [7, 11) is 1.45. The van der Waals surface area contributed by atoms with Crippen molar-refractivity contribution in [1.82, 2.24) is 5.32 Å². The largest absolute Gasteiger partial charge is 0.504 e. The number of ether oxygens (including phenoxy) is 1. The van der Waals surface area contributed by atoms with E-state index < -0.39 is 0 Å². The molecule has 1 atom stereocenters. The molecule has 0 fully saturated rings. The summed E-state index contributed by atoms with van der Waals surface area (Å²) in [5, 5.41) is 14.7. The maximum absolute atomic E-state index is 12.1. The second-order valence-corrected chi connectivity index (χ2v) is 5.05. The molecular weight excluding hydrogens is 262 g/mol. The smallest absolute Gasteiger partial charge is 0.255 e. The van der Waals surface area contributed by atoms with Crippen molar-refractivity contribution in [3.8, 4) is 11.5 Å². The lowest BCUT2D eigenvalue weighted by molar-refractivity contribution is 0.0937. The molecule has 2 aromatic rings. The summed E-state index contributed by atoms with van der Waals surface area (Å²) >= 11 is 1.58. The predicted molar refractivity (Wildman–Crippen MR) is 74.9 cm³/mol. The highest BCUT2D eigenvalue weighted by molar-refractivity contribution is 7.10. The number of phenols is 1. The molecule has 1 amide bonds. The molecule has 0 aliphatic carbocycles. The van der Waals surface area contributed by atoms with Gasteiger partial charge in [-0.1, -0.05) is 12.1 Å². The van der Waals surface area contributed by atoms with Crippen molar-refractivity contribution < 1.29 is 14.6 Å². The number of amides is 1. The molecule has 1 heterocycles. The number of hydrogen-bond donors (Lipinski definition) is 2. The summed E-state index contributed by atoms with van der Waals surface area (Å²) in [5.74, 6) is -0.172. The fourth-order valence-electron chi connectivity index (χ4n) is 1.75. The molecule has 0 spiro atoms. The van der Waals surface area contributed by atoms with E-state index in [2.05, 4.69) is 5.32 Å². The van der Waals surface area contributed by atoms with Gasteiger partial charge in [-0.3, -0.25) is 4.79 Å². The van der Waals surface area contributed by atoms with Crippen LogP contribution in [0.5, 0.6) is 11.5 Å². The van der Waals surface area contributed by atoms with Crippen LogP contribution in [0.15, 0.2) is 35.7 Å². The first-order valence-electron chi connectivity index (χ1n) is 5.83. The molecule has 1 aromatic carbocycles. The Morgan fingerprint density at radius 1 is 1.37 bits per heavy atom. The highest BCUT2D eigenvalue weighted by Gasteiger charge is 2.17. The SMILES string of the molecule is COc1cccc(C(=O)NC(C)c2cccs2)c1O. The minimum absolute atomic E-state index is 0.0990. The van der Waals surface area contributed by atoms with E-state index in [1.165, 1.54) is 7.11 Å². The van der Waals surface area contributed by atoms with Crippen LogP contribution in [-0.2, 0) is 0 Å². The van der Waals surface area contributed by atoms with Gasteiger partial charge in [0.05, 0.1) is 18.7 Å². The van der Waals surface area contributed by atoms with Crippen LogP contribution in [0.3, 0.4) is 0 Å². The summed E-state index contributed by atoms with van der Waals surface area (Å²) < 4.78 is 4.99. The van der Waals surface area contributed by atoms with Crippen LogP contribution in [0, 0.1) is 0 Å². The number of methoxy groups -OCH3 is 1. The minimum Gasteiger partial charge on any atom is -0.504 e. The number of nitrogens with one attached hydrogen (secondary N) is 1. The Kier molecular flexibility index (Phi) is 4.06. The molecule has 2 rings (SSSR count). The number of hydrogen-bond acceptors (Lipinski definition) is 4. The number of rotatable bonds is 4. The van der Waals surface area contributed by atoms with Gasteiger partial charge in [0.1, 0.15) is 0 Å². The van der Waals surface area contributed by atoms with Gasteiger partial charge in [0.15, 0.2) is 11.5 Å². The molecule has 0 aliphatic rings. The third kappa shape index (κ3) is 2.88. The van der Waals surface area contributed by atoms with E-state index in [9.17, 15) is 9.90 Å². The van der Waals surface area contributed by atoms with Crippen molar-refractivity contribution in [2.45, 2.75) is 13.0 Å². The number of phenolic OH excluding ortho intramolecular Hbond substituents is 1. The number of carbonyl (C=O) groups is 1. The van der Waals surface area contributed by atoms with Gasteiger partial charge in [0.25, 0.3) is 5.91 Å². The minimum atomic E-state index is -0.322. The van der Waals surface area contributed by atoms with Crippen molar-refractivity contribution >= 4 is 17.2 Å². The molecular formula is C14H15NO3S. The monoisotopic (exact) mass is 277 g/mol. The predicted octanol–water partition coefficient (Wildman–Crippen LogP) is 2.95. The zero-order valence-corrected chi connectivity index (χ0v) is 11.5. The average molecular weight is 277 g/mol. The molecule has 100 valence electrons. The molecule has 1 unspecified atom stereocenters. The Bertz CT molecular complexity index is 566. The lowest BCUT2D eigenvalue weighted by Crippen LogP contribution is -2.26. The normalized spacial score (nSPS) is 11.9. The highest BCUT2D eigenvalue weighted by atomic mass is 32.1. The molecule has 0 bridgehead atoms. The number of benzene rings is 1. The van der Waals surface area contributed by atoms with E-state index in [-0.39, 0.29) is 29.0 Å². The summed E-state index contributed by atoms with van der Waals surface area (Å²) in [6, 6.07) is 8.64. The van der Waals surface area contributed by atoms with Crippen molar-refractivity contribution in [2.75, 3.05) is 7.11 Å². The first-order chi connectivity index (χ1) is 9.13. The van der Waals surface area contributed by atoms with Gasteiger partial charge in [0, 0.05) is 4.88 Å². The molecule has 4 nitrogen and oxygen atoms in total. The van der Waals surface area contributed by atoms with E-state index in [0.717, 1.165) is 4.88 Å². The standard InChI is InChI=1S/C14H15NO3S/c1-9(12-7-4-8-19-12)15-14(17)10-5-3-6-11(18-2)13(10)16/h3-9,16H,1-2H3,(H,15,17). The fraction of sp³-hybridized carbons (Fsp3) is 0.214. The van der Waals surface area contributed by atoms with Crippen LogP contribution in [0.4, 0.5) is 0 Å². The van der Waals surface area contributed by atoms with Gasteiger partial charge < -0.3 is 15.2 Å². The average Bonchev–Trinajstić information content (AvgIpc) is 2.92. The van der Waals surface area contributed by atoms with E-state index >= 15 is 0 Å². The van der Waals surface area contributed by atoms with E-state index in [4.69, 9.17) is 4.74 Å². The molecule has 5 heteroatoms. The number of aromatic hydroxyl groups is 1. The zero-order valence-electron chi connectivity index (χ0n) is 10.7. The van der Waals surface area contributed by atoms with Crippen molar-refractivity contribution in [1.29, 1.82) is 0 Å². The van der Waals surface area contributed by atoms with Crippen LogP contribution in [-0.4, -0.2) is 18.1 Å². The second-order valence-electron chi connectivity index (χ2n) is 4.07. The maximum Gasteiger partial charge on any atom is 0.255 e. The number of thiophene rings is 1. The van der Waals surface area contributed by atoms with Gasteiger partial charge in [-0.25, -0.2) is 0 Å². The van der Waals surface area contributed by atoms with Gasteiger partial charge in [0.2, 0.25) is 0 Å². The first-order valence-corrected chi connectivity index (χ1v) is 6.71. The quantitative estimate of drug-likeness (QED) is 0.903. The molecule has 19 heavy (non-hydrogen) atoms. The lowest BCUT2D eigenvalue weighted by Gasteiger charge is -2.13. The first kappa shape index (κ1) is 13.4. The Morgan fingerprint density at radius 3 is 2.79 bits per heavy atom. The van der Waals surface area contributed by atoms with E-state index in [0.29, 0.717) is 0 Å². The zero-order chi connectivity index (χ0) is 13.8. The van der Waals surface area contributed by atoms with E-state index in [1.54, 1.807) is 29.5 Å². The van der Waals surface area contributed by atoms with Crippen LogP contribution >= 0.6 is 11.3 Å². The Balaban J connectivity index is 2.16. The van der Waals surface area contributed by atoms with Gasteiger partial charge in [-0.15, -0.1) is 11.3 Å². The number of para-hydroxylation sites is 1. The topological polar surface area (TPSA) is 58.6 Å². The van der Waals surface area contributed by atoms with Crippen molar-refractivity contribution in [3.05, 3.63) is 46.2 Å². The lowest BCUT2D eigenvalue weighted by atomic mass is 10.1. The Hall–Kier alpha value is -2.01. The molecule has 0 saturated carbocycles. The van der Waals surface area contributed by atoms with Crippen LogP contribution < -0.4 is 10.1 Å². The summed E-state index contributed by atoms with van der Waals surface area (Å²) in [5.41, 5.74) is 0.211. The fourth-order valence-corrected chi connectivity index (χ4v) is 2.49. The molecule has 0 radical (unpaired) electrons. The molecule has 0 saturated heterocycles. The summed E-state index contributed by atoms with van der Waals surface area (Å²) in [6.07, 6.45) is 0. The van der Waals surface area contributed by atoms with Crippen LogP contribution in [0.1, 0.15) is 28.2 Å². The molecule has 0 aliphatic heterocycles. The summed E-state index contributed by atoms with van der Waals surface area (Å²) in [4.78, 5) is 13.2. The maximum atomic E-state index is 12.1. The van der Waals surface area contributed by atoms with Crippen LogP contribution in [0.2, 0.25) is 0 Å². The Morgan fingerprint density at radius 2 is 2.16 bits per heavy atom. The van der Waals surface area contributed by atoms with E-state index in [1.807, 2.05) is 24.4 Å².